The molecule has 0 amide bonds. The molecule has 2 aliphatic rings. The first-order chi connectivity index (χ1) is 9.15. The first-order valence-electron chi connectivity index (χ1n) is 8.54. The molecule has 0 bridgehead atoms. The van der Waals surface area contributed by atoms with Gasteiger partial charge in [0.15, 0.2) is 0 Å². The van der Waals surface area contributed by atoms with Crippen molar-refractivity contribution >= 4 is 0 Å². The fourth-order valence-electron chi connectivity index (χ4n) is 3.93. The molecule has 2 fully saturated rings. The summed E-state index contributed by atoms with van der Waals surface area (Å²) in [5, 5.41) is 3.50. The highest BCUT2D eigenvalue weighted by Crippen LogP contribution is 2.38. The summed E-state index contributed by atoms with van der Waals surface area (Å²) in [4.78, 5) is 2.83. The molecule has 0 aromatic rings. The fraction of sp³-hybridized carbons (Fsp3) is 1.00. The number of nitrogens with one attached hydrogen (secondary N) is 1. The Hall–Kier alpha value is -0.0800. The Kier molecular flexibility index (Phi) is 5.70. The topological polar surface area (TPSA) is 15.3 Å². The predicted molar refractivity (Wildman–Crippen MR) is 83.5 cm³/mol. The van der Waals surface area contributed by atoms with Gasteiger partial charge in [-0.25, -0.2) is 0 Å². The number of hydrogen-bond acceptors (Lipinski definition) is 2. The van der Waals surface area contributed by atoms with E-state index in [4.69, 9.17) is 0 Å². The molecular formula is C17H34N2. The van der Waals surface area contributed by atoms with Crippen LogP contribution in [0.4, 0.5) is 0 Å². The Morgan fingerprint density at radius 1 is 1.11 bits per heavy atom. The number of hydrogen-bond donors (Lipinski definition) is 1. The molecule has 2 heteroatoms. The zero-order valence-electron chi connectivity index (χ0n) is 13.4. The lowest BCUT2D eigenvalue weighted by Gasteiger charge is -2.39. The highest BCUT2D eigenvalue weighted by molar-refractivity contribution is 4.92. The van der Waals surface area contributed by atoms with Crippen LogP contribution in [-0.4, -0.2) is 37.6 Å². The van der Waals surface area contributed by atoms with Crippen LogP contribution in [0.5, 0.6) is 0 Å². The molecule has 1 N–H and O–H groups in total. The maximum Gasteiger partial charge on any atom is 0.00967 e. The van der Waals surface area contributed by atoms with E-state index in [0.717, 1.165) is 12.0 Å². The van der Waals surface area contributed by atoms with Crippen LogP contribution >= 0.6 is 0 Å². The average Bonchev–Trinajstić information content (AvgIpc) is 3.15. The van der Waals surface area contributed by atoms with Crippen LogP contribution in [0.25, 0.3) is 0 Å². The lowest BCUT2D eigenvalue weighted by Crippen LogP contribution is -2.45. The minimum absolute atomic E-state index is 0.558. The lowest BCUT2D eigenvalue weighted by atomic mass is 9.79. The van der Waals surface area contributed by atoms with Gasteiger partial charge in [0, 0.05) is 25.7 Å². The minimum atomic E-state index is 0.558. The van der Waals surface area contributed by atoms with Crippen molar-refractivity contribution in [2.24, 2.45) is 11.3 Å². The Balaban J connectivity index is 1.99. The zero-order valence-corrected chi connectivity index (χ0v) is 13.4. The summed E-state index contributed by atoms with van der Waals surface area (Å²) in [7, 11) is 2.14. The van der Waals surface area contributed by atoms with E-state index in [1.807, 2.05) is 0 Å². The molecule has 0 spiro atoms. The van der Waals surface area contributed by atoms with E-state index >= 15 is 0 Å². The molecule has 0 aromatic carbocycles. The van der Waals surface area contributed by atoms with Gasteiger partial charge in [-0.15, -0.1) is 0 Å². The van der Waals surface area contributed by atoms with E-state index in [9.17, 15) is 0 Å². The van der Waals surface area contributed by atoms with Crippen LogP contribution < -0.4 is 5.32 Å². The molecule has 2 aliphatic carbocycles. The first-order valence-corrected chi connectivity index (χ1v) is 8.54. The van der Waals surface area contributed by atoms with Crippen molar-refractivity contribution < 1.29 is 0 Å². The molecule has 2 nitrogen and oxygen atoms in total. The molecule has 19 heavy (non-hydrogen) atoms. The van der Waals surface area contributed by atoms with Crippen LogP contribution in [0, 0.1) is 11.3 Å². The summed E-state index contributed by atoms with van der Waals surface area (Å²) in [6.45, 7) is 8.60. The SMILES string of the molecule is CNCC1(CN(CC(C)C)C2CC2)CCCCCC1. The molecule has 2 rings (SSSR count). The van der Waals surface area contributed by atoms with Crippen molar-refractivity contribution in [2.45, 2.75) is 71.3 Å². The van der Waals surface area contributed by atoms with E-state index in [1.165, 1.54) is 71.0 Å². The van der Waals surface area contributed by atoms with Crippen LogP contribution in [0.3, 0.4) is 0 Å². The molecule has 0 atom stereocenters. The van der Waals surface area contributed by atoms with Gasteiger partial charge in [-0.2, -0.15) is 0 Å². The molecule has 0 radical (unpaired) electrons. The van der Waals surface area contributed by atoms with Crippen molar-refractivity contribution in [2.75, 3.05) is 26.7 Å². The summed E-state index contributed by atoms with van der Waals surface area (Å²) in [5.41, 5.74) is 0.558. The Morgan fingerprint density at radius 3 is 2.21 bits per heavy atom. The smallest absolute Gasteiger partial charge is 0.00967 e. The third-order valence-electron chi connectivity index (χ3n) is 4.92. The average molecular weight is 266 g/mol. The number of nitrogens with zero attached hydrogens (tertiary/aromatic N) is 1. The predicted octanol–water partition coefficient (Wildman–Crippen LogP) is 3.67. The first kappa shape index (κ1) is 15.3. The van der Waals surface area contributed by atoms with Gasteiger partial charge in [0.1, 0.15) is 0 Å². The van der Waals surface area contributed by atoms with E-state index in [2.05, 4.69) is 31.1 Å². The second-order valence-corrected chi connectivity index (χ2v) is 7.50. The van der Waals surface area contributed by atoms with Gasteiger partial charge >= 0.3 is 0 Å². The van der Waals surface area contributed by atoms with Gasteiger partial charge < -0.3 is 5.32 Å². The van der Waals surface area contributed by atoms with Crippen LogP contribution in [-0.2, 0) is 0 Å². The van der Waals surface area contributed by atoms with Crippen LogP contribution in [0.1, 0.15) is 65.2 Å². The monoisotopic (exact) mass is 266 g/mol. The van der Waals surface area contributed by atoms with Gasteiger partial charge in [-0.3, -0.25) is 4.90 Å². The van der Waals surface area contributed by atoms with E-state index in [0.29, 0.717) is 5.41 Å². The van der Waals surface area contributed by atoms with E-state index < -0.39 is 0 Å². The zero-order chi connectivity index (χ0) is 13.7. The van der Waals surface area contributed by atoms with Gasteiger partial charge in [-0.05, 0) is 44.1 Å². The Labute approximate surface area is 120 Å². The summed E-state index contributed by atoms with van der Waals surface area (Å²) in [5.74, 6) is 0.804. The van der Waals surface area contributed by atoms with Gasteiger partial charge in [0.2, 0.25) is 0 Å². The lowest BCUT2D eigenvalue weighted by molar-refractivity contribution is 0.112. The van der Waals surface area contributed by atoms with Crippen LogP contribution in [0.15, 0.2) is 0 Å². The molecule has 112 valence electrons. The van der Waals surface area contributed by atoms with Crippen molar-refractivity contribution in [1.82, 2.24) is 10.2 Å². The molecule has 0 heterocycles. The molecule has 0 aromatic heterocycles. The molecule has 2 saturated carbocycles. The maximum atomic E-state index is 3.50. The fourth-order valence-corrected chi connectivity index (χ4v) is 3.93. The van der Waals surface area contributed by atoms with Crippen molar-refractivity contribution in [3.8, 4) is 0 Å². The highest BCUT2D eigenvalue weighted by atomic mass is 15.2. The largest absolute Gasteiger partial charge is 0.319 e. The third-order valence-corrected chi connectivity index (χ3v) is 4.92. The second kappa shape index (κ2) is 7.08. The molecule has 0 saturated heterocycles. The van der Waals surface area contributed by atoms with E-state index in [-0.39, 0.29) is 0 Å². The van der Waals surface area contributed by atoms with Crippen LogP contribution in [0.2, 0.25) is 0 Å². The van der Waals surface area contributed by atoms with Crippen molar-refractivity contribution in [1.29, 1.82) is 0 Å². The van der Waals surface area contributed by atoms with Gasteiger partial charge in [-0.1, -0.05) is 39.5 Å². The Morgan fingerprint density at radius 2 is 1.74 bits per heavy atom. The second-order valence-electron chi connectivity index (χ2n) is 7.50. The third kappa shape index (κ3) is 4.75. The summed E-state index contributed by atoms with van der Waals surface area (Å²) >= 11 is 0. The normalized spacial score (nSPS) is 23.8. The summed E-state index contributed by atoms with van der Waals surface area (Å²) in [6, 6.07) is 0.916. The van der Waals surface area contributed by atoms with Crippen molar-refractivity contribution in [3.05, 3.63) is 0 Å². The summed E-state index contributed by atoms with van der Waals surface area (Å²) in [6.07, 6.45) is 11.6. The Bertz CT molecular complexity index is 250. The minimum Gasteiger partial charge on any atom is -0.319 e. The summed E-state index contributed by atoms with van der Waals surface area (Å²) < 4.78 is 0. The van der Waals surface area contributed by atoms with E-state index in [1.54, 1.807) is 0 Å². The van der Waals surface area contributed by atoms with Gasteiger partial charge in [0.25, 0.3) is 0 Å². The molecule has 0 aliphatic heterocycles. The van der Waals surface area contributed by atoms with Crippen molar-refractivity contribution in [3.63, 3.8) is 0 Å². The van der Waals surface area contributed by atoms with Gasteiger partial charge in [0.05, 0.1) is 0 Å². The maximum absolute atomic E-state index is 3.50. The molecule has 0 unspecified atom stereocenters. The molecular weight excluding hydrogens is 232 g/mol. The quantitative estimate of drug-likeness (QED) is 0.707. The number of rotatable bonds is 7. The standard InChI is InChI=1S/C17H34N2/c1-15(2)12-19(16-8-9-16)14-17(13-18-3)10-6-4-5-7-11-17/h15-16,18H,4-14H2,1-3H3. The highest BCUT2D eigenvalue weighted by Gasteiger charge is 2.37.